The van der Waals surface area contributed by atoms with Crippen molar-refractivity contribution < 1.29 is 4.74 Å². The second kappa shape index (κ2) is 12.4. The van der Waals surface area contributed by atoms with Gasteiger partial charge in [0.25, 0.3) is 0 Å². The molecule has 2 atom stereocenters. The summed E-state index contributed by atoms with van der Waals surface area (Å²) in [5.74, 6) is 1.67. The van der Waals surface area contributed by atoms with Gasteiger partial charge in [-0.25, -0.2) is 0 Å². The van der Waals surface area contributed by atoms with Gasteiger partial charge in [-0.1, -0.05) is 100 Å². The largest absolute Gasteiger partial charge is 0.489 e. The summed E-state index contributed by atoms with van der Waals surface area (Å²) in [5.41, 5.74) is 5.69. The Morgan fingerprint density at radius 2 is 1.33 bits per heavy atom. The van der Waals surface area contributed by atoms with E-state index in [9.17, 15) is 0 Å². The first-order valence-corrected chi connectivity index (χ1v) is 12.5. The molecule has 0 aliphatic carbocycles. The SMILES string of the molecule is CC[C@@H](C)Oc1c(-c2ccccc2)ccc(-c2ccccc2)c1C=NC(C)CCCC(C)C. The van der Waals surface area contributed by atoms with E-state index in [0.29, 0.717) is 0 Å². The number of aliphatic imine (C=N–C) groups is 1. The minimum absolute atomic E-state index is 0.120. The van der Waals surface area contributed by atoms with Crippen LogP contribution in [0.15, 0.2) is 77.8 Å². The Bertz CT molecular complexity index is 1010. The second-order valence-corrected chi connectivity index (χ2v) is 9.42. The molecule has 0 spiro atoms. The van der Waals surface area contributed by atoms with Crippen molar-refractivity contribution in [3.8, 4) is 28.0 Å². The third kappa shape index (κ3) is 7.05. The zero-order valence-electron chi connectivity index (χ0n) is 20.9. The summed E-state index contributed by atoms with van der Waals surface area (Å²) in [6.45, 7) is 11.1. The van der Waals surface area contributed by atoms with Crippen LogP contribution < -0.4 is 4.74 Å². The fraction of sp³-hybridized carbons (Fsp3) is 0.387. The third-order valence-corrected chi connectivity index (χ3v) is 6.12. The molecule has 0 aliphatic heterocycles. The Hall–Kier alpha value is -2.87. The summed E-state index contributed by atoms with van der Waals surface area (Å²) in [6, 6.07) is 25.8. The molecule has 174 valence electrons. The van der Waals surface area contributed by atoms with Crippen LogP contribution in [0.4, 0.5) is 0 Å². The van der Waals surface area contributed by atoms with Gasteiger partial charge in [-0.2, -0.15) is 0 Å². The number of nitrogens with zero attached hydrogens (tertiary/aromatic N) is 1. The molecule has 0 fully saturated rings. The lowest BCUT2D eigenvalue weighted by molar-refractivity contribution is 0.218. The van der Waals surface area contributed by atoms with Crippen molar-refractivity contribution in [1.29, 1.82) is 0 Å². The van der Waals surface area contributed by atoms with E-state index in [-0.39, 0.29) is 12.1 Å². The molecule has 0 amide bonds. The fourth-order valence-corrected chi connectivity index (χ4v) is 3.95. The number of benzene rings is 3. The average Bonchev–Trinajstić information content (AvgIpc) is 2.83. The van der Waals surface area contributed by atoms with E-state index < -0.39 is 0 Å². The lowest BCUT2D eigenvalue weighted by atomic mass is 9.93. The van der Waals surface area contributed by atoms with Crippen LogP contribution in [0.2, 0.25) is 0 Å². The van der Waals surface area contributed by atoms with Gasteiger partial charge in [0.05, 0.1) is 6.10 Å². The van der Waals surface area contributed by atoms with Crippen molar-refractivity contribution in [2.45, 2.75) is 72.4 Å². The summed E-state index contributed by atoms with van der Waals surface area (Å²) in [7, 11) is 0. The summed E-state index contributed by atoms with van der Waals surface area (Å²) in [6.07, 6.45) is 6.70. The molecule has 33 heavy (non-hydrogen) atoms. The fourth-order valence-electron chi connectivity index (χ4n) is 3.95. The predicted octanol–water partition coefficient (Wildman–Crippen LogP) is 8.83. The van der Waals surface area contributed by atoms with Crippen LogP contribution in [-0.2, 0) is 0 Å². The molecule has 0 saturated carbocycles. The van der Waals surface area contributed by atoms with Crippen LogP contribution in [-0.4, -0.2) is 18.4 Å². The highest BCUT2D eigenvalue weighted by atomic mass is 16.5. The highest BCUT2D eigenvalue weighted by Crippen LogP contribution is 2.39. The Kier molecular flexibility index (Phi) is 9.30. The van der Waals surface area contributed by atoms with E-state index >= 15 is 0 Å². The van der Waals surface area contributed by atoms with Crippen molar-refractivity contribution in [3.05, 3.63) is 78.4 Å². The van der Waals surface area contributed by atoms with E-state index in [2.05, 4.69) is 114 Å². The van der Waals surface area contributed by atoms with Crippen LogP contribution in [0.25, 0.3) is 22.3 Å². The minimum Gasteiger partial charge on any atom is -0.489 e. The molecule has 0 heterocycles. The Morgan fingerprint density at radius 1 is 0.758 bits per heavy atom. The van der Waals surface area contributed by atoms with E-state index in [1.165, 1.54) is 18.4 Å². The molecule has 3 aromatic carbocycles. The molecule has 2 heteroatoms. The molecule has 0 bridgehead atoms. The van der Waals surface area contributed by atoms with Crippen LogP contribution in [0, 0.1) is 5.92 Å². The van der Waals surface area contributed by atoms with Crippen LogP contribution in [0.3, 0.4) is 0 Å². The van der Waals surface area contributed by atoms with Gasteiger partial charge < -0.3 is 4.74 Å². The quantitative estimate of drug-likeness (QED) is 0.272. The molecule has 0 aliphatic rings. The maximum absolute atomic E-state index is 6.60. The van der Waals surface area contributed by atoms with E-state index in [0.717, 1.165) is 46.8 Å². The van der Waals surface area contributed by atoms with Crippen molar-refractivity contribution in [3.63, 3.8) is 0 Å². The summed E-state index contributed by atoms with van der Waals surface area (Å²) in [5, 5.41) is 0. The molecular formula is C31H39NO. The number of rotatable bonds is 11. The van der Waals surface area contributed by atoms with Crippen molar-refractivity contribution in [1.82, 2.24) is 0 Å². The highest BCUT2D eigenvalue weighted by molar-refractivity contribution is 5.97. The number of ether oxygens (including phenoxy) is 1. The molecule has 3 aromatic rings. The molecular weight excluding hydrogens is 402 g/mol. The summed E-state index contributed by atoms with van der Waals surface area (Å²) < 4.78 is 6.60. The Labute approximate surface area is 200 Å². The van der Waals surface area contributed by atoms with Crippen LogP contribution >= 0.6 is 0 Å². The first kappa shape index (κ1) is 24.8. The van der Waals surface area contributed by atoms with E-state index in [1.807, 2.05) is 0 Å². The van der Waals surface area contributed by atoms with Gasteiger partial charge in [0, 0.05) is 23.4 Å². The molecule has 0 radical (unpaired) electrons. The number of hydrogen-bond acceptors (Lipinski definition) is 2. The second-order valence-electron chi connectivity index (χ2n) is 9.42. The molecule has 1 unspecified atom stereocenters. The van der Waals surface area contributed by atoms with Gasteiger partial charge in [0.2, 0.25) is 0 Å². The van der Waals surface area contributed by atoms with Gasteiger partial charge >= 0.3 is 0 Å². The maximum Gasteiger partial charge on any atom is 0.136 e. The van der Waals surface area contributed by atoms with Gasteiger partial charge in [-0.15, -0.1) is 0 Å². The smallest absolute Gasteiger partial charge is 0.136 e. The number of hydrogen-bond donors (Lipinski definition) is 0. The Balaban J connectivity index is 2.09. The van der Waals surface area contributed by atoms with Gasteiger partial charge in [0.15, 0.2) is 0 Å². The standard InChI is InChI=1S/C31H39NO/c1-6-25(5)33-31-29(27-18-11-8-12-19-27)21-20-28(26-16-9-7-10-17-26)30(31)22-32-24(4)15-13-14-23(2)3/h7-12,16-25H,6,13-15H2,1-5H3/t24?,25-/m1/s1. The zero-order valence-corrected chi connectivity index (χ0v) is 20.9. The zero-order chi connectivity index (χ0) is 23.6. The summed E-state index contributed by atoms with van der Waals surface area (Å²) >= 11 is 0. The lowest BCUT2D eigenvalue weighted by Gasteiger charge is -2.21. The molecule has 2 nitrogen and oxygen atoms in total. The highest BCUT2D eigenvalue weighted by Gasteiger charge is 2.18. The van der Waals surface area contributed by atoms with Gasteiger partial charge in [-0.3, -0.25) is 4.99 Å². The van der Waals surface area contributed by atoms with Crippen molar-refractivity contribution in [2.24, 2.45) is 10.9 Å². The van der Waals surface area contributed by atoms with Gasteiger partial charge in [-0.05, 0) is 55.4 Å². The minimum atomic E-state index is 0.120. The maximum atomic E-state index is 6.60. The lowest BCUT2D eigenvalue weighted by Crippen LogP contribution is -2.13. The summed E-state index contributed by atoms with van der Waals surface area (Å²) in [4.78, 5) is 5.00. The molecule has 0 saturated heterocycles. The molecule has 0 N–H and O–H groups in total. The van der Waals surface area contributed by atoms with Crippen molar-refractivity contribution in [2.75, 3.05) is 0 Å². The topological polar surface area (TPSA) is 21.6 Å². The third-order valence-electron chi connectivity index (χ3n) is 6.12. The normalized spacial score (nSPS) is 13.4. The van der Waals surface area contributed by atoms with Crippen LogP contribution in [0.1, 0.15) is 65.9 Å². The molecule has 0 aromatic heterocycles. The van der Waals surface area contributed by atoms with E-state index in [4.69, 9.17) is 9.73 Å². The van der Waals surface area contributed by atoms with Gasteiger partial charge in [0.1, 0.15) is 5.75 Å². The van der Waals surface area contributed by atoms with Crippen LogP contribution in [0.5, 0.6) is 5.75 Å². The first-order valence-electron chi connectivity index (χ1n) is 12.5. The molecule has 3 rings (SSSR count). The Morgan fingerprint density at radius 3 is 1.91 bits per heavy atom. The predicted molar refractivity (Wildman–Crippen MR) is 143 cm³/mol. The monoisotopic (exact) mass is 441 g/mol. The first-order chi connectivity index (χ1) is 16.0. The average molecular weight is 442 g/mol. The van der Waals surface area contributed by atoms with E-state index in [1.54, 1.807) is 0 Å². The van der Waals surface area contributed by atoms with Crippen molar-refractivity contribution >= 4 is 6.21 Å².